The highest BCUT2D eigenvalue weighted by Gasteiger charge is 2.29. The number of benzene rings is 2. The molecular weight excluding hydrogens is 348 g/mol. The van der Waals surface area contributed by atoms with Gasteiger partial charge in [-0.1, -0.05) is 65.8 Å². The minimum atomic E-state index is -0.206. The summed E-state index contributed by atoms with van der Waals surface area (Å²) < 4.78 is 0. The molecule has 1 heterocycles. The molecule has 2 N–H and O–H groups in total. The molecule has 0 saturated carbocycles. The molecule has 25 heavy (non-hydrogen) atoms. The Morgan fingerprint density at radius 1 is 1.24 bits per heavy atom. The molecule has 4 heteroatoms. The van der Waals surface area contributed by atoms with Gasteiger partial charge in [-0.2, -0.15) is 0 Å². The molecule has 1 aliphatic heterocycles. The molecule has 0 aromatic heterocycles. The number of rotatable bonds is 5. The monoisotopic (exact) mass is 370 g/mol. The number of nitrogens with two attached hydrogens (primary N) is 1. The van der Waals surface area contributed by atoms with E-state index in [4.69, 9.17) is 22.3 Å². The van der Waals surface area contributed by atoms with Gasteiger partial charge in [0.2, 0.25) is 0 Å². The molecule has 0 bridgehead atoms. The molecule has 1 aliphatic rings. The van der Waals surface area contributed by atoms with E-state index in [1.54, 1.807) is 11.8 Å². The maximum absolute atomic E-state index is 5.94. The summed E-state index contributed by atoms with van der Waals surface area (Å²) in [6.45, 7) is 2.17. The molecule has 2 aromatic carbocycles. The van der Waals surface area contributed by atoms with Gasteiger partial charge in [0.25, 0.3) is 0 Å². The van der Waals surface area contributed by atoms with Gasteiger partial charge in [0.1, 0.15) is 0 Å². The topological polar surface area (TPSA) is 38.4 Å². The van der Waals surface area contributed by atoms with Crippen LogP contribution in [0.3, 0.4) is 0 Å². The Hall–Kier alpha value is -1.71. The number of hydrogen-bond donors (Lipinski definition) is 1. The second kappa shape index (κ2) is 8.11. The normalized spacial score (nSPS) is 20.6. The summed E-state index contributed by atoms with van der Waals surface area (Å²) in [5.74, 6) is 1.02. The van der Waals surface area contributed by atoms with Gasteiger partial charge in [-0.05, 0) is 61.1 Å². The number of thioether (sulfide) groups is 1. The summed E-state index contributed by atoms with van der Waals surface area (Å²) in [6.07, 6.45) is 7.45. The number of hydrogen-bond acceptors (Lipinski definition) is 3. The molecule has 0 saturated heterocycles. The van der Waals surface area contributed by atoms with Crippen LogP contribution in [0.5, 0.6) is 0 Å². The van der Waals surface area contributed by atoms with Crippen molar-refractivity contribution >= 4 is 34.6 Å². The summed E-state index contributed by atoms with van der Waals surface area (Å²) in [5, 5.41) is 1.48. The average molecular weight is 371 g/mol. The van der Waals surface area contributed by atoms with Gasteiger partial charge in [0, 0.05) is 10.8 Å². The fraction of sp³-hybridized carbons (Fsp3) is 0.286. The zero-order chi connectivity index (χ0) is 17.7. The van der Waals surface area contributed by atoms with Crippen molar-refractivity contribution in [1.29, 1.82) is 0 Å². The highest BCUT2D eigenvalue weighted by molar-refractivity contribution is 8.13. The van der Waals surface area contributed by atoms with Gasteiger partial charge >= 0.3 is 0 Å². The molecule has 2 aromatic rings. The van der Waals surface area contributed by atoms with Crippen LogP contribution in [0.25, 0.3) is 6.08 Å². The van der Waals surface area contributed by atoms with Crippen LogP contribution in [0.1, 0.15) is 36.5 Å². The molecule has 2 nitrogen and oxygen atoms in total. The Balaban J connectivity index is 1.65. The third-order valence-corrected chi connectivity index (χ3v) is 5.57. The van der Waals surface area contributed by atoms with Crippen molar-refractivity contribution < 1.29 is 0 Å². The van der Waals surface area contributed by atoms with Gasteiger partial charge in [-0.25, -0.2) is 0 Å². The van der Waals surface area contributed by atoms with Crippen LogP contribution in [0.15, 0.2) is 59.6 Å². The minimum absolute atomic E-state index is 0.206. The van der Waals surface area contributed by atoms with Crippen LogP contribution in [-0.2, 0) is 12.0 Å². The van der Waals surface area contributed by atoms with Crippen LogP contribution < -0.4 is 5.73 Å². The van der Waals surface area contributed by atoms with Crippen molar-refractivity contribution in [3.05, 3.63) is 76.3 Å². The van der Waals surface area contributed by atoms with Crippen molar-refractivity contribution in [2.24, 2.45) is 10.7 Å². The van der Waals surface area contributed by atoms with Crippen molar-refractivity contribution in [3.8, 4) is 0 Å². The number of aliphatic imine (C=N–C) groups is 1. The van der Waals surface area contributed by atoms with Gasteiger partial charge in [-0.3, -0.25) is 4.99 Å². The summed E-state index contributed by atoms with van der Waals surface area (Å²) in [6, 6.07) is 16.7. The lowest BCUT2D eigenvalue weighted by molar-refractivity contribution is 0.482. The Labute approximate surface area is 159 Å². The van der Waals surface area contributed by atoms with Gasteiger partial charge in [0.15, 0.2) is 5.17 Å². The Morgan fingerprint density at radius 3 is 2.80 bits per heavy atom. The molecule has 130 valence electrons. The zero-order valence-electron chi connectivity index (χ0n) is 14.4. The lowest BCUT2D eigenvalue weighted by Gasteiger charge is -2.29. The highest BCUT2D eigenvalue weighted by Crippen LogP contribution is 2.35. The molecule has 0 radical (unpaired) electrons. The lowest BCUT2D eigenvalue weighted by atomic mass is 9.89. The lowest BCUT2D eigenvalue weighted by Crippen LogP contribution is -2.28. The SMILES string of the molecule is CC1(c2cccc(/C=C\CCc3ccc(Cl)cc3)c2)CCSC(N)=N1. The van der Waals surface area contributed by atoms with Gasteiger partial charge < -0.3 is 5.73 Å². The van der Waals surface area contributed by atoms with Gasteiger partial charge in [0.05, 0.1) is 5.54 Å². The Kier molecular flexibility index (Phi) is 5.87. The van der Waals surface area contributed by atoms with E-state index in [0.717, 1.165) is 30.0 Å². The number of allylic oxidation sites excluding steroid dienone is 1. The molecule has 1 unspecified atom stereocenters. The molecule has 1 atom stereocenters. The van der Waals surface area contributed by atoms with Crippen LogP contribution in [0.4, 0.5) is 0 Å². The van der Waals surface area contributed by atoms with Crippen molar-refractivity contribution in [1.82, 2.24) is 0 Å². The fourth-order valence-electron chi connectivity index (χ4n) is 2.99. The van der Waals surface area contributed by atoms with Crippen molar-refractivity contribution in [2.45, 2.75) is 31.7 Å². The minimum Gasteiger partial charge on any atom is -0.379 e. The molecule has 0 amide bonds. The van der Waals surface area contributed by atoms with E-state index in [1.807, 2.05) is 12.1 Å². The standard InChI is InChI=1S/C21H23ClN2S/c1-21(13-14-25-20(23)24-21)18-8-4-7-17(15-18)6-3-2-5-16-9-11-19(22)12-10-16/h3-4,6-12,15H,2,5,13-14H2,1H3,(H2,23,24)/b6-3-. The van der Waals surface area contributed by atoms with Crippen LogP contribution >= 0.6 is 23.4 Å². The van der Waals surface area contributed by atoms with Crippen LogP contribution in [-0.4, -0.2) is 10.9 Å². The van der Waals surface area contributed by atoms with Crippen molar-refractivity contribution in [3.63, 3.8) is 0 Å². The van der Waals surface area contributed by atoms with E-state index in [-0.39, 0.29) is 5.54 Å². The fourth-order valence-corrected chi connectivity index (χ4v) is 4.09. The Morgan fingerprint density at radius 2 is 2.04 bits per heavy atom. The molecule has 0 aliphatic carbocycles. The van der Waals surface area contributed by atoms with E-state index in [9.17, 15) is 0 Å². The van der Waals surface area contributed by atoms with Crippen LogP contribution in [0.2, 0.25) is 5.02 Å². The first-order chi connectivity index (χ1) is 12.0. The second-order valence-electron chi connectivity index (χ2n) is 6.52. The quantitative estimate of drug-likeness (QED) is 0.738. The first kappa shape index (κ1) is 18.1. The summed E-state index contributed by atoms with van der Waals surface area (Å²) in [5.41, 5.74) is 9.48. The van der Waals surface area contributed by atoms with E-state index in [0.29, 0.717) is 5.17 Å². The maximum Gasteiger partial charge on any atom is 0.154 e. The van der Waals surface area contributed by atoms with Crippen LogP contribution in [0, 0.1) is 0 Å². The predicted octanol–water partition coefficient (Wildman–Crippen LogP) is 5.65. The smallest absolute Gasteiger partial charge is 0.154 e. The van der Waals surface area contributed by atoms with Gasteiger partial charge in [-0.15, -0.1) is 0 Å². The zero-order valence-corrected chi connectivity index (χ0v) is 16.0. The second-order valence-corrected chi connectivity index (χ2v) is 8.07. The first-order valence-corrected chi connectivity index (χ1v) is 9.91. The summed E-state index contributed by atoms with van der Waals surface area (Å²) in [7, 11) is 0. The summed E-state index contributed by atoms with van der Waals surface area (Å²) >= 11 is 7.56. The number of nitrogens with zero attached hydrogens (tertiary/aromatic N) is 1. The number of halogens is 1. The molecule has 3 rings (SSSR count). The third-order valence-electron chi connectivity index (χ3n) is 4.53. The number of amidine groups is 1. The number of aryl methyl sites for hydroxylation is 1. The predicted molar refractivity (Wildman–Crippen MR) is 111 cm³/mol. The summed E-state index contributed by atoms with van der Waals surface area (Å²) in [4.78, 5) is 4.69. The maximum atomic E-state index is 5.94. The van der Waals surface area contributed by atoms with E-state index >= 15 is 0 Å². The largest absolute Gasteiger partial charge is 0.379 e. The third kappa shape index (κ3) is 4.90. The average Bonchev–Trinajstić information content (AvgIpc) is 2.60. The highest BCUT2D eigenvalue weighted by atomic mass is 35.5. The Bertz CT molecular complexity index is 783. The molecule has 0 spiro atoms. The van der Waals surface area contributed by atoms with E-state index < -0.39 is 0 Å². The first-order valence-electron chi connectivity index (χ1n) is 8.55. The molecule has 0 fully saturated rings. The molecular formula is C21H23ClN2S. The van der Waals surface area contributed by atoms with Crippen molar-refractivity contribution in [2.75, 3.05) is 5.75 Å². The van der Waals surface area contributed by atoms with E-state index in [2.05, 4.69) is 55.5 Å². The van der Waals surface area contributed by atoms with E-state index in [1.165, 1.54) is 16.7 Å².